The van der Waals surface area contributed by atoms with E-state index >= 15 is 0 Å². The van der Waals surface area contributed by atoms with Gasteiger partial charge in [0, 0.05) is 18.9 Å². The Balaban J connectivity index is 2.28. The van der Waals surface area contributed by atoms with Crippen molar-refractivity contribution in [3.05, 3.63) is 40.8 Å². The first-order chi connectivity index (χ1) is 8.74. The van der Waals surface area contributed by atoms with E-state index < -0.39 is 0 Å². The molecule has 1 aromatic carbocycles. The summed E-state index contributed by atoms with van der Waals surface area (Å²) in [7, 11) is 1.61. The highest BCUT2D eigenvalue weighted by molar-refractivity contribution is 9.10. The van der Waals surface area contributed by atoms with Crippen LogP contribution >= 0.6 is 15.9 Å². The van der Waals surface area contributed by atoms with E-state index in [-0.39, 0.29) is 6.54 Å². The van der Waals surface area contributed by atoms with Crippen LogP contribution in [0.2, 0.25) is 0 Å². The van der Waals surface area contributed by atoms with Crippen molar-refractivity contribution in [2.75, 3.05) is 7.11 Å². The van der Waals surface area contributed by atoms with Crippen LogP contribution in [0.3, 0.4) is 0 Å². The third-order valence-electron chi connectivity index (χ3n) is 2.27. The van der Waals surface area contributed by atoms with E-state index in [0.717, 1.165) is 10.2 Å². The standard InChI is InChI=1S/C12H12BrN3O2/c1-17-8-2-3-11(9(13)6-8)18-12-10(7-14)15-4-5-16-12/h2-6H,7,14H2,1H3. The number of rotatable bonds is 4. The van der Waals surface area contributed by atoms with Crippen LogP contribution < -0.4 is 15.2 Å². The second-order valence-corrected chi connectivity index (χ2v) is 4.27. The topological polar surface area (TPSA) is 70.3 Å². The van der Waals surface area contributed by atoms with E-state index in [1.165, 1.54) is 0 Å². The molecule has 0 saturated carbocycles. The Labute approximate surface area is 113 Å². The van der Waals surface area contributed by atoms with E-state index in [1.807, 2.05) is 6.07 Å². The normalized spacial score (nSPS) is 10.2. The number of hydrogen-bond acceptors (Lipinski definition) is 5. The van der Waals surface area contributed by atoms with E-state index in [9.17, 15) is 0 Å². The second-order valence-electron chi connectivity index (χ2n) is 3.41. The fourth-order valence-electron chi connectivity index (χ4n) is 1.37. The lowest BCUT2D eigenvalue weighted by Crippen LogP contribution is -2.03. The number of ether oxygens (including phenoxy) is 2. The Bertz CT molecular complexity index is 549. The minimum Gasteiger partial charge on any atom is -0.497 e. The third-order valence-corrected chi connectivity index (χ3v) is 2.89. The van der Waals surface area contributed by atoms with Crippen molar-refractivity contribution in [2.24, 2.45) is 5.73 Å². The smallest absolute Gasteiger partial charge is 0.242 e. The maximum atomic E-state index is 5.67. The number of nitrogens with zero attached hydrogens (tertiary/aromatic N) is 2. The molecule has 94 valence electrons. The summed E-state index contributed by atoms with van der Waals surface area (Å²) in [6.07, 6.45) is 3.14. The average Bonchev–Trinajstić information content (AvgIpc) is 2.41. The molecule has 0 aliphatic heterocycles. The van der Waals surface area contributed by atoms with Gasteiger partial charge in [0.2, 0.25) is 5.88 Å². The molecule has 0 amide bonds. The summed E-state index contributed by atoms with van der Waals surface area (Å²) in [6.45, 7) is 0.275. The predicted octanol–water partition coefficient (Wildman–Crippen LogP) is 2.50. The number of nitrogens with two attached hydrogens (primary N) is 1. The molecule has 0 radical (unpaired) electrons. The van der Waals surface area contributed by atoms with Gasteiger partial charge in [0.15, 0.2) is 0 Å². The van der Waals surface area contributed by atoms with E-state index in [2.05, 4.69) is 25.9 Å². The van der Waals surface area contributed by atoms with Crippen LogP contribution in [0.1, 0.15) is 5.69 Å². The zero-order valence-corrected chi connectivity index (χ0v) is 11.3. The zero-order chi connectivity index (χ0) is 13.0. The fraction of sp³-hybridized carbons (Fsp3) is 0.167. The fourth-order valence-corrected chi connectivity index (χ4v) is 1.81. The van der Waals surface area contributed by atoms with Gasteiger partial charge in [-0.25, -0.2) is 4.98 Å². The first-order valence-electron chi connectivity index (χ1n) is 5.26. The number of methoxy groups -OCH3 is 1. The molecule has 5 nitrogen and oxygen atoms in total. The molecular formula is C12H12BrN3O2. The number of aromatic nitrogens is 2. The Morgan fingerprint density at radius 2 is 2.06 bits per heavy atom. The molecule has 0 aliphatic rings. The highest BCUT2D eigenvalue weighted by Crippen LogP contribution is 2.32. The Kier molecular flexibility index (Phi) is 4.11. The van der Waals surface area contributed by atoms with Crippen LogP contribution in [0.15, 0.2) is 35.1 Å². The second kappa shape index (κ2) is 5.79. The van der Waals surface area contributed by atoms with Gasteiger partial charge < -0.3 is 15.2 Å². The van der Waals surface area contributed by atoms with Crippen molar-refractivity contribution < 1.29 is 9.47 Å². The van der Waals surface area contributed by atoms with Gasteiger partial charge in [-0.1, -0.05) is 0 Å². The lowest BCUT2D eigenvalue weighted by Gasteiger charge is -2.10. The maximum Gasteiger partial charge on any atom is 0.242 e. The molecule has 6 heteroatoms. The van der Waals surface area contributed by atoms with E-state index in [4.69, 9.17) is 15.2 Å². The summed E-state index contributed by atoms with van der Waals surface area (Å²) < 4.78 is 11.6. The van der Waals surface area contributed by atoms with Gasteiger partial charge >= 0.3 is 0 Å². The monoisotopic (exact) mass is 309 g/mol. The summed E-state index contributed by atoms with van der Waals surface area (Å²) >= 11 is 3.41. The molecule has 0 aliphatic carbocycles. The lowest BCUT2D eigenvalue weighted by atomic mass is 10.3. The number of hydrogen-bond donors (Lipinski definition) is 1. The molecule has 0 spiro atoms. The largest absolute Gasteiger partial charge is 0.497 e. The molecule has 18 heavy (non-hydrogen) atoms. The molecule has 2 aromatic rings. The Morgan fingerprint density at radius 3 is 2.72 bits per heavy atom. The molecule has 0 saturated heterocycles. The van der Waals surface area contributed by atoms with Gasteiger partial charge in [0.05, 0.1) is 11.6 Å². The van der Waals surface area contributed by atoms with Crippen LogP contribution in [0.25, 0.3) is 0 Å². The minimum absolute atomic E-state index is 0.275. The highest BCUT2D eigenvalue weighted by atomic mass is 79.9. The van der Waals surface area contributed by atoms with E-state index in [0.29, 0.717) is 17.3 Å². The first kappa shape index (κ1) is 12.8. The molecule has 0 fully saturated rings. The quantitative estimate of drug-likeness (QED) is 0.939. The molecule has 0 atom stereocenters. The third kappa shape index (κ3) is 2.77. The van der Waals surface area contributed by atoms with Crippen LogP contribution in [-0.2, 0) is 6.54 Å². The number of benzene rings is 1. The van der Waals surface area contributed by atoms with Crippen LogP contribution in [0.4, 0.5) is 0 Å². The Morgan fingerprint density at radius 1 is 1.28 bits per heavy atom. The van der Waals surface area contributed by atoms with Crippen molar-refractivity contribution in [2.45, 2.75) is 6.54 Å². The Hall–Kier alpha value is -1.66. The molecule has 0 bridgehead atoms. The molecule has 2 rings (SSSR count). The first-order valence-corrected chi connectivity index (χ1v) is 6.05. The van der Waals surface area contributed by atoms with Crippen LogP contribution in [0.5, 0.6) is 17.4 Å². The molecular weight excluding hydrogens is 298 g/mol. The SMILES string of the molecule is COc1ccc(Oc2nccnc2CN)c(Br)c1. The summed E-state index contributed by atoms with van der Waals surface area (Å²) in [6, 6.07) is 5.41. The van der Waals surface area contributed by atoms with Gasteiger partial charge in [-0.05, 0) is 34.1 Å². The van der Waals surface area contributed by atoms with Crippen molar-refractivity contribution in [3.63, 3.8) is 0 Å². The average molecular weight is 310 g/mol. The lowest BCUT2D eigenvalue weighted by molar-refractivity contribution is 0.410. The number of halogens is 1. The van der Waals surface area contributed by atoms with Gasteiger partial charge in [-0.3, -0.25) is 4.98 Å². The van der Waals surface area contributed by atoms with Crippen molar-refractivity contribution in [1.29, 1.82) is 0 Å². The molecule has 1 aromatic heterocycles. The summed E-state index contributed by atoms with van der Waals surface area (Å²) in [5, 5.41) is 0. The van der Waals surface area contributed by atoms with Crippen molar-refractivity contribution in [3.8, 4) is 17.4 Å². The van der Waals surface area contributed by atoms with Crippen LogP contribution in [0, 0.1) is 0 Å². The minimum atomic E-state index is 0.275. The maximum absolute atomic E-state index is 5.67. The summed E-state index contributed by atoms with van der Waals surface area (Å²) in [5.41, 5.74) is 6.19. The zero-order valence-electron chi connectivity index (χ0n) is 9.76. The highest BCUT2D eigenvalue weighted by Gasteiger charge is 2.09. The van der Waals surface area contributed by atoms with Crippen molar-refractivity contribution >= 4 is 15.9 Å². The van der Waals surface area contributed by atoms with Crippen molar-refractivity contribution in [1.82, 2.24) is 9.97 Å². The molecule has 0 unspecified atom stereocenters. The molecule has 1 heterocycles. The summed E-state index contributed by atoms with van der Waals surface area (Å²) in [4.78, 5) is 8.22. The van der Waals surface area contributed by atoms with Gasteiger partial charge in [0.25, 0.3) is 0 Å². The summed E-state index contributed by atoms with van der Waals surface area (Å²) in [5.74, 6) is 1.78. The van der Waals surface area contributed by atoms with E-state index in [1.54, 1.807) is 31.6 Å². The molecule has 2 N–H and O–H groups in total. The van der Waals surface area contributed by atoms with Gasteiger partial charge in [-0.2, -0.15) is 0 Å². The van der Waals surface area contributed by atoms with Crippen LogP contribution in [-0.4, -0.2) is 17.1 Å². The van der Waals surface area contributed by atoms with Gasteiger partial charge in [0.1, 0.15) is 17.2 Å². The van der Waals surface area contributed by atoms with Gasteiger partial charge in [-0.15, -0.1) is 0 Å². The predicted molar refractivity (Wildman–Crippen MR) is 70.7 cm³/mol.